The van der Waals surface area contributed by atoms with Gasteiger partial charge in [0.05, 0.1) is 12.0 Å². The molecule has 9 heteroatoms. The highest BCUT2D eigenvalue weighted by Crippen LogP contribution is 2.40. The van der Waals surface area contributed by atoms with Gasteiger partial charge in [-0.05, 0) is 6.92 Å². The summed E-state index contributed by atoms with van der Waals surface area (Å²) >= 11 is 0. The molecule has 0 bridgehead atoms. The number of nitrogens with zero attached hydrogens (tertiary/aromatic N) is 3. The van der Waals surface area contributed by atoms with E-state index in [0.717, 1.165) is 12.5 Å². The molecule has 1 saturated heterocycles. The van der Waals surface area contributed by atoms with Crippen LogP contribution in [0.4, 0.5) is 10.2 Å². The molecule has 4 atom stereocenters. The summed E-state index contributed by atoms with van der Waals surface area (Å²) in [6, 6.07) is 0. The zero-order valence-electron chi connectivity index (χ0n) is 11.1. The van der Waals surface area contributed by atoms with E-state index in [2.05, 4.69) is 9.97 Å². The maximum absolute atomic E-state index is 14.0. The molecule has 3 rings (SSSR count). The van der Waals surface area contributed by atoms with Gasteiger partial charge in [-0.25, -0.2) is 14.4 Å². The van der Waals surface area contributed by atoms with Gasteiger partial charge >= 0.3 is 0 Å². The first-order chi connectivity index (χ1) is 9.87. The molecular weight excluding hydrogens is 283 g/mol. The van der Waals surface area contributed by atoms with E-state index in [9.17, 15) is 19.7 Å². The molecule has 3 heterocycles. The summed E-state index contributed by atoms with van der Waals surface area (Å²) in [5, 5.41) is 29.6. The largest absolute Gasteiger partial charge is 0.394 e. The first kappa shape index (κ1) is 14.1. The van der Waals surface area contributed by atoms with Crippen molar-refractivity contribution in [2.75, 3.05) is 12.3 Å². The monoisotopic (exact) mass is 298 g/mol. The lowest BCUT2D eigenvalue weighted by molar-refractivity contribution is -0.0949. The molecule has 0 aromatic carbocycles. The fourth-order valence-electron chi connectivity index (χ4n) is 2.63. The van der Waals surface area contributed by atoms with Crippen molar-refractivity contribution in [3.05, 3.63) is 18.3 Å². The topological polar surface area (TPSA) is 127 Å². The first-order valence-corrected chi connectivity index (χ1v) is 6.31. The summed E-state index contributed by atoms with van der Waals surface area (Å²) < 4.78 is 20.7. The summed E-state index contributed by atoms with van der Waals surface area (Å²) in [4.78, 5) is 7.66. The second-order valence-corrected chi connectivity index (χ2v) is 5.22. The van der Waals surface area contributed by atoms with Crippen LogP contribution in [0.3, 0.4) is 0 Å². The number of nitrogens with two attached hydrogens (primary N) is 1. The molecule has 1 unspecified atom stereocenters. The number of rotatable bonds is 2. The standard InChI is InChI=1S/C12H15FN4O4/c1-12(20)8(19)6(3-18)21-11(12)17-2-5(13)7-9(14)15-4-16-10(7)17/h2,4,6,8,11,18-20H,3H2,1H3,(H2,14,15,16)/t6-,8?,11-,12-/m1/s1. The number of aromatic nitrogens is 3. The Balaban J connectivity index is 2.15. The minimum atomic E-state index is -1.73. The van der Waals surface area contributed by atoms with Crippen LogP contribution in [0, 0.1) is 5.82 Å². The predicted octanol–water partition coefficient (Wildman–Crippen LogP) is -0.846. The molecule has 0 radical (unpaired) electrons. The maximum atomic E-state index is 14.0. The minimum Gasteiger partial charge on any atom is -0.394 e. The third kappa shape index (κ3) is 1.89. The van der Waals surface area contributed by atoms with E-state index < -0.39 is 36.5 Å². The zero-order chi connectivity index (χ0) is 15.4. The lowest BCUT2D eigenvalue weighted by atomic mass is 9.96. The molecule has 5 N–H and O–H groups in total. The number of hydrogen-bond acceptors (Lipinski definition) is 7. The number of ether oxygens (including phenoxy) is 1. The Morgan fingerprint density at radius 3 is 2.86 bits per heavy atom. The number of aliphatic hydroxyl groups is 3. The summed E-state index contributed by atoms with van der Waals surface area (Å²) in [5.41, 5.74) is 4.02. The van der Waals surface area contributed by atoms with Crippen molar-refractivity contribution < 1.29 is 24.4 Å². The lowest BCUT2D eigenvalue weighted by Gasteiger charge is -2.27. The van der Waals surface area contributed by atoms with Gasteiger partial charge in [0.25, 0.3) is 0 Å². The molecule has 1 aliphatic heterocycles. The maximum Gasteiger partial charge on any atom is 0.167 e. The highest BCUT2D eigenvalue weighted by atomic mass is 19.1. The zero-order valence-corrected chi connectivity index (χ0v) is 11.1. The van der Waals surface area contributed by atoms with Crippen LogP contribution in [-0.4, -0.2) is 54.3 Å². The Kier molecular flexibility index (Phi) is 3.10. The summed E-state index contributed by atoms with van der Waals surface area (Å²) in [6.45, 7) is 0.860. The number of aliphatic hydroxyl groups excluding tert-OH is 2. The minimum absolute atomic E-state index is 0.0128. The summed E-state index contributed by atoms with van der Waals surface area (Å²) in [5.74, 6) is -0.697. The van der Waals surface area contributed by atoms with E-state index in [4.69, 9.17) is 10.5 Å². The van der Waals surface area contributed by atoms with Gasteiger partial charge in [-0.3, -0.25) is 4.57 Å². The Morgan fingerprint density at radius 2 is 2.24 bits per heavy atom. The molecule has 2 aromatic rings. The van der Waals surface area contributed by atoms with Crippen molar-refractivity contribution in [3.63, 3.8) is 0 Å². The average molecular weight is 298 g/mol. The van der Waals surface area contributed by atoms with Crippen LogP contribution in [0.1, 0.15) is 13.2 Å². The molecule has 0 saturated carbocycles. The van der Waals surface area contributed by atoms with Crippen LogP contribution in [-0.2, 0) is 4.74 Å². The molecule has 0 amide bonds. The Morgan fingerprint density at radius 1 is 1.52 bits per heavy atom. The quantitative estimate of drug-likeness (QED) is 0.569. The van der Waals surface area contributed by atoms with E-state index in [0.29, 0.717) is 0 Å². The van der Waals surface area contributed by atoms with Crippen molar-refractivity contribution in [2.24, 2.45) is 0 Å². The van der Waals surface area contributed by atoms with Gasteiger partial charge in [0, 0.05) is 6.20 Å². The third-order valence-electron chi connectivity index (χ3n) is 3.78. The molecule has 0 spiro atoms. The second kappa shape index (κ2) is 4.60. The Bertz CT molecular complexity index is 689. The van der Waals surface area contributed by atoms with Crippen LogP contribution >= 0.6 is 0 Å². The average Bonchev–Trinajstić information content (AvgIpc) is 2.87. The van der Waals surface area contributed by atoms with Crippen LogP contribution < -0.4 is 5.73 Å². The van der Waals surface area contributed by atoms with Crippen molar-refractivity contribution in [1.82, 2.24) is 14.5 Å². The summed E-state index contributed by atoms with van der Waals surface area (Å²) in [7, 11) is 0. The van der Waals surface area contributed by atoms with Crippen molar-refractivity contribution in [1.29, 1.82) is 0 Å². The highest BCUT2D eigenvalue weighted by Gasteiger charge is 2.53. The lowest BCUT2D eigenvalue weighted by Crippen LogP contribution is -2.44. The van der Waals surface area contributed by atoms with Gasteiger partial charge in [0.1, 0.15) is 30.0 Å². The first-order valence-electron chi connectivity index (χ1n) is 6.31. The summed E-state index contributed by atoms with van der Waals surface area (Å²) in [6.07, 6.45) is -1.19. The Hall–Kier alpha value is -1.81. The molecule has 1 fully saturated rings. The number of hydrogen-bond donors (Lipinski definition) is 4. The molecule has 21 heavy (non-hydrogen) atoms. The molecule has 8 nitrogen and oxygen atoms in total. The van der Waals surface area contributed by atoms with Crippen molar-refractivity contribution in [3.8, 4) is 0 Å². The highest BCUT2D eigenvalue weighted by molar-refractivity contribution is 5.86. The van der Waals surface area contributed by atoms with Gasteiger partial charge in [0.2, 0.25) is 0 Å². The Labute approximate surface area is 118 Å². The van der Waals surface area contributed by atoms with Crippen LogP contribution in [0.5, 0.6) is 0 Å². The van der Waals surface area contributed by atoms with Crippen LogP contribution in [0.15, 0.2) is 12.5 Å². The number of nitrogen functional groups attached to an aromatic ring is 1. The van der Waals surface area contributed by atoms with Crippen LogP contribution in [0.25, 0.3) is 11.0 Å². The third-order valence-corrected chi connectivity index (χ3v) is 3.78. The van der Waals surface area contributed by atoms with E-state index in [1.54, 1.807) is 0 Å². The fraction of sp³-hybridized carbons (Fsp3) is 0.500. The molecule has 1 aliphatic rings. The normalized spacial score (nSPS) is 32.9. The van der Waals surface area contributed by atoms with Gasteiger partial charge in [-0.1, -0.05) is 0 Å². The molecule has 114 valence electrons. The van der Waals surface area contributed by atoms with E-state index in [1.807, 2.05) is 0 Å². The molecule has 0 aliphatic carbocycles. The number of halogens is 1. The fourth-order valence-corrected chi connectivity index (χ4v) is 2.63. The van der Waals surface area contributed by atoms with E-state index in [1.165, 1.54) is 11.5 Å². The number of anilines is 1. The van der Waals surface area contributed by atoms with Crippen LogP contribution in [0.2, 0.25) is 0 Å². The van der Waals surface area contributed by atoms with E-state index >= 15 is 0 Å². The number of fused-ring (bicyclic) bond motifs is 1. The van der Waals surface area contributed by atoms with Gasteiger partial charge in [0.15, 0.2) is 17.7 Å². The van der Waals surface area contributed by atoms with Gasteiger partial charge in [-0.2, -0.15) is 0 Å². The van der Waals surface area contributed by atoms with Gasteiger partial charge in [-0.15, -0.1) is 0 Å². The van der Waals surface area contributed by atoms with Gasteiger partial charge < -0.3 is 25.8 Å². The molecule has 2 aromatic heterocycles. The molecular formula is C12H15FN4O4. The van der Waals surface area contributed by atoms with Crippen molar-refractivity contribution in [2.45, 2.75) is 31.0 Å². The second-order valence-electron chi connectivity index (χ2n) is 5.22. The SMILES string of the molecule is C[C@@]1(O)C(O)[C@@H](CO)O[C@H]1n1cc(F)c2c(N)ncnc21. The predicted molar refractivity (Wildman–Crippen MR) is 69.5 cm³/mol. The van der Waals surface area contributed by atoms with Crippen molar-refractivity contribution >= 4 is 16.9 Å². The van der Waals surface area contributed by atoms with E-state index in [-0.39, 0.29) is 16.9 Å². The smallest absolute Gasteiger partial charge is 0.167 e.